The van der Waals surface area contributed by atoms with Crippen molar-refractivity contribution < 1.29 is 9.13 Å². The molecule has 1 atom stereocenters. The third-order valence-corrected chi connectivity index (χ3v) is 5.40. The average molecular weight is 350 g/mol. The van der Waals surface area contributed by atoms with Crippen molar-refractivity contribution in [1.82, 2.24) is 0 Å². The minimum atomic E-state index is -0.545. The number of halogens is 3. The molecular formula is C13H11BrClFOS. The molecule has 18 heavy (non-hydrogen) atoms. The van der Waals surface area contributed by atoms with Crippen LogP contribution in [0.4, 0.5) is 4.39 Å². The number of hydrogen-bond donors (Lipinski definition) is 0. The van der Waals surface area contributed by atoms with E-state index in [9.17, 15) is 4.39 Å². The highest BCUT2D eigenvalue weighted by molar-refractivity contribution is 9.11. The molecule has 1 aromatic carbocycles. The third-order valence-electron chi connectivity index (χ3n) is 2.61. The van der Waals surface area contributed by atoms with Crippen molar-refractivity contribution in [3.8, 4) is 5.75 Å². The number of aryl methyl sites for hydroxylation is 1. The second-order valence-corrected chi connectivity index (χ2v) is 6.66. The maximum Gasteiger partial charge on any atom is 0.131 e. The fraction of sp³-hybridized carbons (Fsp3) is 0.231. The summed E-state index contributed by atoms with van der Waals surface area (Å²) in [6, 6.07) is 6.67. The van der Waals surface area contributed by atoms with E-state index in [2.05, 4.69) is 15.9 Å². The lowest BCUT2D eigenvalue weighted by Gasteiger charge is -2.13. The summed E-state index contributed by atoms with van der Waals surface area (Å²) < 4.78 is 20.1. The van der Waals surface area contributed by atoms with Crippen LogP contribution in [0, 0.1) is 12.7 Å². The lowest BCUT2D eigenvalue weighted by Crippen LogP contribution is -1.99. The Labute approximate surface area is 123 Å². The largest absolute Gasteiger partial charge is 0.496 e. The summed E-state index contributed by atoms with van der Waals surface area (Å²) in [6.07, 6.45) is 0. The van der Waals surface area contributed by atoms with Crippen molar-refractivity contribution in [2.24, 2.45) is 0 Å². The lowest BCUT2D eigenvalue weighted by molar-refractivity contribution is 0.405. The highest BCUT2D eigenvalue weighted by Gasteiger charge is 2.22. The zero-order valence-corrected chi connectivity index (χ0v) is 13.0. The van der Waals surface area contributed by atoms with Crippen molar-refractivity contribution in [3.05, 3.63) is 49.9 Å². The molecule has 0 amide bonds. The number of benzene rings is 1. The number of alkyl halides is 1. The first-order valence-electron chi connectivity index (χ1n) is 5.27. The molecule has 0 aliphatic carbocycles. The van der Waals surface area contributed by atoms with Gasteiger partial charge in [0, 0.05) is 4.88 Å². The Morgan fingerprint density at radius 2 is 2.17 bits per heavy atom. The molecule has 0 saturated heterocycles. The molecule has 96 valence electrons. The van der Waals surface area contributed by atoms with Gasteiger partial charge in [-0.15, -0.1) is 22.9 Å². The monoisotopic (exact) mass is 348 g/mol. The first kappa shape index (κ1) is 13.8. The van der Waals surface area contributed by atoms with Gasteiger partial charge >= 0.3 is 0 Å². The smallest absolute Gasteiger partial charge is 0.131 e. The molecule has 1 aromatic heterocycles. The molecular weight excluding hydrogens is 339 g/mol. The fourth-order valence-electron chi connectivity index (χ4n) is 1.69. The van der Waals surface area contributed by atoms with Crippen LogP contribution < -0.4 is 4.74 Å². The Morgan fingerprint density at radius 1 is 1.44 bits per heavy atom. The predicted octanol–water partition coefficient (Wildman–Crippen LogP) is 5.29. The summed E-state index contributed by atoms with van der Waals surface area (Å²) in [6.45, 7) is 1.98. The Kier molecular flexibility index (Phi) is 4.30. The van der Waals surface area contributed by atoms with Crippen molar-refractivity contribution in [1.29, 1.82) is 0 Å². The van der Waals surface area contributed by atoms with E-state index < -0.39 is 5.38 Å². The standard InChI is InChI=1S/C13H11BrClFOS/c1-7-6-10(18-13(7)14)12(15)11-8(16)4-3-5-9(11)17-2/h3-6,12H,1-2H3. The van der Waals surface area contributed by atoms with E-state index in [0.29, 0.717) is 11.3 Å². The molecule has 2 rings (SSSR count). The van der Waals surface area contributed by atoms with Crippen LogP contribution >= 0.6 is 38.9 Å². The molecule has 1 heterocycles. The van der Waals surface area contributed by atoms with Gasteiger partial charge in [0.1, 0.15) is 11.6 Å². The molecule has 0 saturated carbocycles. The lowest BCUT2D eigenvalue weighted by atomic mass is 10.1. The van der Waals surface area contributed by atoms with Gasteiger partial charge in [0.15, 0.2) is 0 Å². The Hall–Kier alpha value is -0.580. The number of hydrogen-bond acceptors (Lipinski definition) is 2. The summed E-state index contributed by atoms with van der Waals surface area (Å²) in [7, 11) is 1.51. The van der Waals surface area contributed by atoms with E-state index in [4.69, 9.17) is 16.3 Å². The van der Waals surface area contributed by atoms with Gasteiger partial charge < -0.3 is 4.74 Å². The van der Waals surface area contributed by atoms with Gasteiger partial charge in [-0.25, -0.2) is 4.39 Å². The van der Waals surface area contributed by atoms with Gasteiger partial charge in [-0.2, -0.15) is 0 Å². The second kappa shape index (κ2) is 5.59. The maximum atomic E-state index is 13.9. The van der Waals surface area contributed by atoms with E-state index in [-0.39, 0.29) is 5.82 Å². The molecule has 0 aliphatic heterocycles. The van der Waals surface area contributed by atoms with Crippen molar-refractivity contribution in [2.75, 3.05) is 7.11 Å². The van der Waals surface area contributed by atoms with Gasteiger partial charge in [0.25, 0.3) is 0 Å². The van der Waals surface area contributed by atoms with Crippen LogP contribution in [0.2, 0.25) is 0 Å². The summed E-state index contributed by atoms with van der Waals surface area (Å²) in [5.41, 5.74) is 1.48. The minimum absolute atomic E-state index is 0.350. The van der Waals surface area contributed by atoms with E-state index in [1.807, 2.05) is 13.0 Å². The summed E-state index contributed by atoms with van der Waals surface area (Å²) >= 11 is 11.3. The Bertz CT molecular complexity index is 551. The van der Waals surface area contributed by atoms with E-state index in [1.165, 1.54) is 24.5 Å². The summed E-state index contributed by atoms with van der Waals surface area (Å²) in [5.74, 6) is 0.119. The summed E-state index contributed by atoms with van der Waals surface area (Å²) in [5, 5.41) is -0.545. The topological polar surface area (TPSA) is 9.23 Å². The Balaban J connectivity index is 2.48. The number of ether oxygens (including phenoxy) is 1. The predicted molar refractivity (Wildman–Crippen MR) is 77.4 cm³/mol. The fourth-order valence-corrected chi connectivity index (χ4v) is 3.66. The van der Waals surface area contributed by atoms with Crippen LogP contribution in [-0.2, 0) is 0 Å². The second-order valence-electron chi connectivity index (χ2n) is 3.82. The molecule has 0 bridgehead atoms. The normalized spacial score (nSPS) is 12.5. The van der Waals surface area contributed by atoms with Gasteiger partial charge in [0.05, 0.1) is 21.8 Å². The molecule has 0 radical (unpaired) electrons. The van der Waals surface area contributed by atoms with E-state index in [0.717, 1.165) is 14.2 Å². The molecule has 0 spiro atoms. The van der Waals surface area contributed by atoms with Crippen LogP contribution in [0.25, 0.3) is 0 Å². The van der Waals surface area contributed by atoms with E-state index in [1.54, 1.807) is 12.1 Å². The van der Waals surface area contributed by atoms with Crippen molar-refractivity contribution in [2.45, 2.75) is 12.3 Å². The molecule has 1 unspecified atom stereocenters. The average Bonchev–Trinajstić information content (AvgIpc) is 2.68. The van der Waals surface area contributed by atoms with Gasteiger partial charge in [-0.1, -0.05) is 6.07 Å². The highest BCUT2D eigenvalue weighted by atomic mass is 79.9. The van der Waals surface area contributed by atoms with Gasteiger partial charge in [-0.05, 0) is 46.6 Å². The van der Waals surface area contributed by atoms with Crippen LogP contribution in [0.5, 0.6) is 5.75 Å². The Morgan fingerprint density at radius 3 is 2.72 bits per heavy atom. The highest BCUT2D eigenvalue weighted by Crippen LogP contribution is 2.41. The molecule has 5 heteroatoms. The van der Waals surface area contributed by atoms with E-state index >= 15 is 0 Å². The van der Waals surface area contributed by atoms with Gasteiger partial charge in [0.2, 0.25) is 0 Å². The van der Waals surface area contributed by atoms with Gasteiger partial charge in [-0.3, -0.25) is 0 Å². The minimum Gasteiger partial charge on any atom is -0.496 e. The van der Waals surface area contributed by atoms with Crippen molar-refractivity contribution in [3.63, 3.8) is 0 Å². The molecule has 0 N–H and O–H groups in total. The number of thiophene rings is 1. The zero-order chi connectivity index (χ0) is 13.3. The quantitative estimate of drug-likeness (QED) is 0.684. The zero-order valence-electron chi connectivity index (χ0n) is 9.84. The number of methoxy groups -OCH3 is 1. The molecule has 0 aliphatic rings. The molecule has 1 nitrogen and oxygen atoms in total. The maximum absolute atomic E-state index is 13.9. The van der Waals surface area contributed by atoms with Crippen LogP contribution in [0.15, 0.2) is 28.1 Å². The van der Waals surface area contributed by atoms with Crippen LogP contribution in [0.3, 0.4) is 0 Å². The first-order valence-corrected chi connectivity index (χ1v) is 7.31. The molecule has 0 fully saturated rings. The first-order chi connectivity index (χ1) is 8.54. The molecule has 2 aromatic rings. The SMILES string of the molecule is COc1cccc(F)c1C(Cl)c1cc(C)c(Br)s1. The van der Waals surface area contributed by atoms with Crippen LogP contribution in [0.1, 0.15) is 21.4 Å². The van der Waals surface area contributed by atoms with Crippen LogP contribution in [-0.4, -0.2) is 7.11 Å². The number of rotatable bonds is 3. The summed E-state index contributed by atoms with van der Waals surface area (Å²) in [4.78, 5) is 0.893. The third kappa shape index (κ3) is 2.56. The van der Waals surface area contributed by atoms with Crippen molar-refractivity contribution >= 4 is 38.9 Å².